The topological polar surface area (TPSA) is 61.8 Å². The zero-order valence-electron chi connectivity index (χ0n) is 11.3. The molecular formula is C12H24O5S. The minimum atomic E-state index is -3.08. The minimum absolute atomic E-state index is 0.0948. The van der Waals surface area contributed by atoms with Crippen molar-refractivity contribution in [1.29, 1.82) is 0 Å². The first kappa shape index (κ1) is 15.9. The van der Waals surface area contributed by atoms with Gasteiger partial charge in [-0.15, -0.1) is 0 Å². The largest absolute Gasteiger partial charge is 0.377 e. The summed E-state index contributed by atoms with van der Waals surface area (Å²) in [6, 6.07) is 0. The molecule has 108 valence electrons. The zero-order chi connectivity index (χ0) is 13.4. The molecule has 0 aromatic heterocycles. The third-order valence-electron chi connectivity index (χ3n) is 2.83. The fourth-order valence-corrected chi connectivity index (χ4v) is 3.55. The van der Waals surface area contributed by atoms with Gasteiger partial charge in [-0.2, -0.15) is 0 Å². The molecule has 0 bridgehead atoms. The molecule has 5 nitrogen and oxygen atoms in total. The van der Waals surface area contributed by atoms with Crippen molar-refractivity contribution in [1.82, 2.24) is 0 Å². The lowest BCUT2D eigenvalue weighted by Gasteiger charge is -2.17. The van der Waals surface area contributed by atoms with Crippen LogP contribution < -0.4 is 0 Å². The standard InChI is InChI=1S/C12H24O5S/c1-3-15-12(16-4-2)7-9-18(13,14)10-11-6-5-8-17-11/h11-12H,3-10H2,1-2H3. The third kappa shape index (κ3) is 6.13. The van der Waals surface area contributed by atoms with Crippen LogP contribution in [0.2, 0.25) is 0 Å². The van der Waals surface area contributed by atoms with E-state index in [1.807, 2.05) is 13.8 Å². The lowest BCUT2D eigenvalue weighted by Crippen LogP contribution is -2.26. The molecular weight excluding hydrogens is 256 g/mol. The lowest BCUT2D eigenvalue weighted by molar-refractivity contribution is -0.136. The van der Waals surface area contributed by atoms with Crippen LogP contribution in [0.4, 0.5) is 0 Å². The summed E-state index contributed by atoms with van der Waals surface area (Å²) in [7, 11) is -3.08. The van der Waals surface area contributed by atoms with Gasteiger partial charge < -0.3 is 14.2 Å². The Bertz CT molecular complexity index is 302. The van der Waals surface area contributed by atoms with Crippen molar-refractivity contribution in [2.45, 2.75) is 45.5 Å². The highest BCUT2D eigenvalue weighted by atomic mass is 32.2. The van der Waals surface area contributed by atoms with E-state index in [4.69, 9.17) is 14.2 Å². The van der Waals surface area contributed by atoms with Crippen LogP contribution in [-0.4, -0.2) is 52.1 Å². The Morgan fingerprint density at radius 2 is 1.94 bits per heavy atom. The first-order valence-electron chi connectivity index (χ1n) is 6.62. The van der Waals surface area contributed by atoms with Gasteiger partial charge in [-0.05, 0) is 26.7 Å². The predicted molar refractivity (Wildman–Crippen MR) is 69.3 cm³/mol. The molecule has 0 aromatic rings. The second-order valence-electron chi connectivity index (χ2n) is 4.38. The van der Waals surface area contributed by atoms with E-state index in [0.29, 0.717) is 26.2 Å². The molecule has 1 atom stereocenters. The molecule has 0 aromatic carbocycles. The number of rotatable bonds is 9. The maximum Gasteiger partial charge on any atom is 0.158 e. The first-order chi connectivity index (χ1) is 8.57. The number of sulfone groups is 1. The first-order valence-corrected chi connectivity index (χ1v) is 8.44. The fourth-order valence-electron chi connectivity index (χ4n) is 2.00. The van der Waals surface area contributed by atoms with Crippen molar-refractivity contribution < 1.29 is 22.6 Å². The lowest BCUT2D eigenvalue weighted by atomic mass is 10.3. The smallest absolute Gasteiger partial charge is 0.158 e. The molecule has 1 aliphatic rings. The molecule has 1 fully saturated rings. The highest BCUT2D eigenvalue weighted by molar-refractivity contribution is 7.91. The summed E-state index contributed by atoms with van der Waals surface area (Å²) in [5, 5.41) is 0. The minimum Gasteiger partial charge on any atom is -0.377 e. The quantitative estimate of drug-likeness (QED) is 0.597. The van der Waals surface area contributed by atoms with Crippen LogP contribution in [-0.2, 0) is 24.0 Å². The van der Waals surface area contributed by atoms with E-state index >= 15 is 0 Å². The number of hydrogen-bond donors (Lipinski definition) is 0. The van der Waals surface area contributed by atoms with Gasteiger partial charge >= 0.3 is 0 Å². The van der Waals surface area contributed by atoms with Gasteiger partial charge in [-0.25, -0.2) is 8.42 Å². The van der Waals surface area contributed by atoms with Gasteiger partial charge in [0.05, 0.1) is 17.6 Å². The van der Waals surface area contributed by atoms with Gasteiger partial charge in [-0.3, -0.25) is 0 Å². The zero-order valence-corrected chi connectivity index (χ0v) is 12.1. The second-order valence-corrected chi connectivity index (χ2v) is 6.61. The van der Waals surface area contributed by atoms with Crippen LogP contribution in [0.3, 0.4) is 0 Å². The molecule has 1 unspecified atom stereocenters. The fraction of sp³-hybridized carbons (Fsp3) is 1.00. The third-order valence-corrected chi connectivity index (χ3v) is 4.57. The molecule has 6 heteroatoms. The Kier molecular flexibility index (Phi) is 7.14. The highest BCUT2D eigenvalue weighted by Gasteiger charge is 2.24. The summed E-state index contributed by atoms with van der Waals surface area (Å²) in [5.74, 6) is 0.218. The van der Waals surface area contributed by atoms with Crippen LogP contribution in [0.1, 0.15) is 33.1 Å². The molecule has 1 aliphatic heterocycles. The van der Waals surface area contributed by atoms with Crippen LogP contribution in [0.25, 0.3) is 0 Å². The van der Waals surface area contributed by atoms with E-state index in [1.165, 1.54) is 0 Å². The Morgan fingerprint density at radius 3 is 2.44 bits per heavy atom. The van der Waals surface area contributed by atoms with Crippen LogP contribution in [0.15, 0.2) is 0 Å². The van der Waals surface area contributed by atoms with Crippen molar-refractivity contribution in [2.75, 3.05) is 31.3 Å². The molecule has 1 rings (SSSR count). The van der Waals surface area contributed by atoms with Crippen LogP contribution in [0.5, 0.6) is 0 Å². The van der Waals surface area contributed by atoms with E-state index in [-0.39, 0.29) is 17.6 Å². The van der Waals surface area contributed by atoms with E-state index in [9.17, 15) is 8.42 Å². The Labute approximate surface area is 110 Å². The second kappa shape index (κ2) is 8.09. The highest BCUT2D eigenvalue weighted by Crippen LogP contribution is 2.15. The summed E-state index contributed by atoms with van der Waals surface area (Å²) in [6.07, 6.45) is 1.66. The monoisotopic (exact) mass is 280 g/mol. The average Bonchev–Trinajstić information content (AvgIpc) is 2.79. The summed E-state index contributed by atoms with van der Waals surface area (Å²) in [5.41, 5.74) is 0. The molecule has 0 N–H and O–H groups in total. The van der Waals surface area contributed by atoms with Gasteiger partial charge in [0.2, 0.25) is 0 Å². The van der Waals surface area contributed by atoms with Gasteiger partial charge in [0.15, 0.2) is 16.1 Å². The van der Waals surface area contributed by atoms with Gasteiger partial charge in [-0.1, -0.05) is 0 Å². The maximum absolute atomic E-state index is 11.9. The molecule has 0 amide bonds. The van der Waals surface area contributed by atoms with Gasteiger partial charge in [0.1, 0.15) is 0 Å². The SMILES string of the molecule is CCOC(CCS(=O)(=O)CC1CCCO1)OCC. The number of ether oxygens (including phenoxy) is 3. The van der Waals surface area contributed by atoms with E-state index in [1.54, 1.807) is 0 Å². The van der Waals surface area contributed by atoms with Gasteiger partial charge in [0, 0.05) is 26.2 Å². The van der Waals surface area contributed by atoms with Crippen molar-refractivity contribution in [3.8, 4) is 0 Å². The summed E-state index contributed by atoms with van der Waals surface area (Å²) < 4.78 is 39.8. The van der Waals surface area contributed by atoms with Crippen LogP contribution in [0, 0.1) is 0 Å². The Morgan fingerprint density at radius 1 is 1.28 bits per heavy atom. The predicted octanol–water partition coefficient (Wildman–Crippen LogP) is 1.37. The van der Waals surface area contributed by atoms with E-state index < -0.39 is 16.1 Å². The van der Waals surface area contributed by atoms with Crippen molar-refractivity contribution >= 4 is 9.84 Å². The molecule has 0 saturated carbocycles. The maximum atomic E-state index is 11.9. The van der Waals surface area contributed by atoms with E-state index in [0.717, 1.165) is 12.8 Å². The van der Waals surface area contributed by atoms with Crippen LogP contribution >= 0.6 is 0 Å². The number of hydrogen-bond acceptors (Lipinski definition) is 5. The molecule has 1 heterocycles. The summed E-state index contributed by atoms with van der Waals surface area (Å²) in [4.78, 5) is 0. The normalized spacial score (nSPS) is 20.7. The molecule has 0 radical (unpaired) electrons. The van der Waals surface area contributed by atoms with Gasteiger partial charge in [0.25, 0.3) is 0 Å². The molecule has 0 spiro atoms. The average molecular weight is 280 g/mol. The van der Waals surface area contributed by atoms with Crippen molar-refractivity contribution in [3.05, 3.63) is 0 Å². The molecule has 0 aliphatic carbocycles. The Balaban J connectivity index is 2.34. The Hall–Kier alpha value is -0.170. The summed E-state index contributed by atoms with van der Waals surface area (Å²) >= 11 is 0. The molecule has 1 saturated heterocycles. The van der Waals surface area contributed by atoms with Crippen molar-refractivity contribution in [3.63, 3.8) is 0 Å². The van der Waals surface area contributed by atoms with Crippen molar-refractivity contribution in [2.24, 2.45) is 0 Å². The molecule has 18 heavy (non-hydrogen) atoms. The summed E-state index contributed by atoms with van der Waals surface area (Å²) in [6.45, 7) is 5.47. The van der Waals surface area contributed by atoms with E-state index in [2.05, 4.69) is 0 Å².